The van der Waals surface area contributed by atoms with Crippen molar-refractivity contribution in [1.29, 1.82) is 0 Å². The Morgan fingerprint density at radius 2 is 2.20 bits per heavy atom. The van der Waals surface area contributed by atoms with E-state index in [4.69, 9.17) is 16.0 Å². The number of unbranched alkanes of at least 4 members (excludes halogenated alkanes) is 1. The van der Waals surface area contributed by atoms with Gasteiger partial charge in [-0.15, -0.1) is 11.6 Å². The molecule has 1 aromatic carbocycles. The summed E-state index contributed by atoms with van der Waals surface area (Å²) in [7, 11) is 0. The van der Waals surface area contributed by atoms with Crippen molar-refractivity contribution >= 4 is 22.7 Å². The Kier molecular flexibility index (Phi) is 3.21. The van der Waals surface area contributed by atoms with E-state index in [-0.39, 0.29) is 5.82 Å². The number of halogens is 2. The first-order chi connectivity index (χ1) is 7.29. The number of rotatable bonds is 4. The van der Waals surface area contributed by atoms with E-state index < -0.39 is 0 Å². The second kappa shape index (κ2) is 4.62. The molecular weight excluding hydrogens is 217 g/mol. The summed E-state index contributed by atoms with van der Waals surface area (Å²) in [5, 5.41) is 0. The van der Waals surface area contributed by atoms with Crippen LogP contribution in [-0.4, -0.2) is 10.9 Å². The molecule has 0 bridgehead atoms. The summed E-state index contributed by atoms with van der Waals surface area (Å²) in [6.07, 6.45) is 2.64. The Hall–Kier alpha value is -1.09. The zero-order valence-corrected chi connectivity index (χ0v) is 8.93. The third-order valence-corrected chi connectivity index (χ3v) is 2.44. The minimum Gasteiger partial charge on any atom is -0.441 e. The molecule has 15 heavy (non-hydrogen) atoms. The molecule has 0 aliphatic carbocycles. The van der Waals surface area contributed by atoms with Gasteiger partial charge in [0.15, 0.2) is 11.5 Å². The van der Waals surface area contributed by atoms with Gasteiger partial charge in [0.05, 0.1) is 0 Å². The molecule has 1 aromatic heterocycles. The van der Waals surface area contributed by atoms with Crippen LogP contribution >= 0.6 is 11.6 Å². The molecule has 0 unspecified atom stereocenters. The SMILES string of the molecule is Fc1ccc2oc(CCCCCl)nc2c1. The summed E-state index contributed by atoms with van der Waals surface area (Å²) < 4.78 is 18.3. The molecule has 0 saturated heterocycles. The Bertz CT molecular complexity index is 455. The molecule has 1 heterocycles. The summed E-state index contributed by atoms with van der Waals surface area (Å²) in [4.78, 5) is 4.20. The summed E-state index contributed by atoms with van der Waals surface area (Å²) in [6, 6.07) is 4.35. The zero-order valence-electron chi connectivity index (χ0n) is 8.17. The van der Waals surface area contributed by atoms with E-state index in [0.29, 0.717) is 22.9 Å². The number of nitrogens with zero attached hydrogens (tertiary/aromatic N) is 1. The number of fused-ring (bicyclic) bond motifs is 1. The van der Waals surface area contributed by atoms with Crippen LogP contribution in [0, 0.1) is 5.82 Å². The van der Waals surface area contributed by atoms with Gasteiger partial charge >= 0.3 is 0 Å². The van der Waals surface area contributed by atoms with Crippen molar-refractivity contribution < 1.29 is 8.81 Å². The second-order valence-electron chi connectivity index (χ2n) is 3.37. The topological polar surface area (TPSA) is 26.0 Å². The van der Waals surface area contributed by atoms with Gasteiger partial charge in [-0.05, 0) is 25.0 Å². The highest BCUT2D eigenvalue weighted by Crippen LogP contribution is 2.17. The van der Waals surface area contributed by atoms with Crippen LogP contribution in [0.1, 0.15) is 18.7 Å². The van der Waals surface area contributed by atoms with Crippen LogP contribution in [0.3, 0.4) is 0 Å². The second-order valence-corrected chi connectivity index (χ2v) is 3.74. The summed E-state index contributed by atoms with van der Waals surface area (Å²) in [6.45, 7) is 0. The van der Waals surface area contributed by atoms with Gasteiger partial charge in [-0.25, -0.2) is 9.37 Å². The molecular formula is C11H11ClFNO. The Balaban J connectivity index is 2.16. The first kappa shape index (κ1) is 10.4. The van der Waals surface area contributed by atoms with Crippen LogP contribution in [0.25, 0.3) is 11.1 Å². The molecule has 0 N–H and O–H groups in total. The fourth-order valence-corrected chi connectivity index (χ4v) is 1.61. The quantitative estimate of drug-likeness (QED) is 0.590. The summed E-state index contributed by atoms with van der Waals surface area (Å²) in [5.41, 5.74) is 1.22. The lowest BCUT2D eigenvalue weighted by atomic mass is 10.2. The van der Waals surface area contributed by atoms with Crippen molar-refractivity contribution in [1.82, 2.24) is 4.98 Å². The summed E-state index contributed by atoms with van der Waals surface area (Å²) in [5.74, 6) is 1.01. The van der Waals surface area contributed by atoms with Crippen molar-refractivity contribution in [3.05, 3.63) is 29.9 Å². The fraction of sp³-hybridized carbons (Fsp3) is 0.364. The zero-order chi connectivity index (χ0) is 10.7. The standard InChI is InChI=1S/C11H11ClFNO/c12-6-2-1-3-11-14-9-7-8(13)4-5-10(9)15-11/h4-5,7H,1-3,6H2. The maximum Gasteiger partial charge on any atom is 0.195 e. The maximum absolute atomic E-state index is 12.9. The van der Waals surface area contributed by atoms with Crippen molar-refractivity contribution in [2.45, 2.75) is 19.3 Å². The molecule has 0 amide bonds. The van der Waals surface area contributed by atoms with Crippen molar-refractivity contribution in [3.63, 3.8) is 0 Å². The van der Waals surface area contributed by atoms with E-state index in [1.807, 2.05) is 0 Å². The van der Waals surface area contributed by atoms with Crippen LogP contribution in [0.4, 0.5) is 4.39 Å². The van der Waals surface area contributed by atoms with Crippen LogP contribution < -0.4 is 0 Å². The molecule has 0 saturated carbocycles. The minimum absolute atomic E-state index is 0.289. The molecule has 4 heteroatoms. The molecule has 2 nitrogen and oxygen atoms in total. The lowest BCUT2D eigenvalue weighted by Crippen LogP contribution is -1.85. The largest absolute Gasteiger partial charge is 0.441 e. The van der Waals surface area contributed by atoms with Crippen LogP contribution in [0.15, 0.2) is 22.6 Å². The molecule has 80 valence electrons. The number of oxazole rings is 1. The number of benzene rings is 1. The first-order valence-electron chi connectivity index (χ1n) is 4.90. The molecule has 0 radical (unpaired) electrons. The van der Waals surface area contributed by atoms with E-state index in [1.54, 1.807) is 6.07 Å². The van der Waals surface area contributed by atoms with E-state index >= 15 is 0 Å². The number of aryl methyl sites for hydroxylation is 1. The van der Waals surface area contributed by atoms with Gasteiger partial charge in [-0.1, -0.05) is 0 Å². The predicted molar refractivity (Wildman–Crippen MR) is 57.6 cm³/mol. The van der Waals surface area contributed by atoms with Crippen LogP contribution in [-0.2, 0) is 6.42 Å². The van der Waals surface area contributed by atoms with Gasteiger partial charge in [0.25, 0.3) is 0 Å². The predicted octanol–water partition coefficient (Wildman–Crippen LogP) is 3.53. The normalized spacial score (nSPS) is 11.1. The number of hydrogen-bond acceptors (Lipinski definition) is 2. The number of alkyl halides is 1. The van der Waals surface area contributed by atoms with Gasteiger partial charge in [0.2, 0.25) is 0 Å². The molecule has 0 atom stereocenters. The Labute approximate surface area is 92.1 Å². The van der Waals surface area contributed by atoms with Gasteiger partial charge in [-0.2, -0.15) is 0 Å². The molecule has 2 aromatic rings. The average Bonchev–Trinajstić information content (AvgIpc) is 2.60. The number of hydrogen-bond donors (Lipinski definition) is 0. The first-order valence-corrected chi connectivity index (χ1v) is 5.44. The molecule has 0 spiro atoms. The van der Waals surface area contributed by atoms with E-state index in [0.717, 1.165) is 19.3 Å². The van der Waals surface area contributed by atoms with E-state index in [1.165, 1.54) is 12.1 Å². The Morgan fingerprint density at radius 3 is 3.00 bits per heavy atom. The molecule has 0 fully saturated rings. The van der Waals surface area contributed by atoms with Crippen molar-refractivity contribution in [3.8, 4) is 0 Å². The lowest BCUT2D eigenvalue weighted by molar-refractivity contribution is 0.518. The highest BCUT2D eigenvalue weighted by atomic mass is 35.5. The lowest BCUT2D eigenvalue weighted by Gasteiger charge is -1.91. The smallest absolute Gasteiger partial charge is 0.195 e. The van der Waals surface area contributed by atoms with Gasteiger partial charge < -0.3 is 4.42 Å². The number of aromatic nitrogens is 1. The highest BCUT2D eigenvalue weighted by Gasteiger charge is 2.05. The van der Waals surface area contributed by atoms with E-state index in [9.17, 15) is 4.39 Å². The third-order valence-electron chi connectivity index (χ3n) is 2.17. The van der Waals surface area contributed by atoms with Gasteiger partial charge in [0.1, 0.15) is 11.3 Å². The minimum atomic E-state index is -0.289. The van der Waals surface area contributed by atoms with Crippen molar-refractivity contribution in [2.75, 3.05) is 5.88 Å². The molecule has 0 aliphatic heterocycles. The highest BCUT2D eigenvalue weighted by molar-refractivity contribution is 6.17. The van der Waals surface area contributed by atoms with Gasteiger partial charge in [-0.3, -0.25) is 0 Å². The maximum atomic E-state index is 12.9. The monoisotopic (exact) mass is 227 g/mol. The average molecular weight is 228 g/mol. The van der Waals surface area contributed by atoms with E-state index in [2.05, 4.69) is 4.98 Å². The van der Waals surface area contributed by atoms with Crippen LogP contribution in [0.5, 0.6) is 0 Å². The molecule has 2 rings (SSSR count). The van der Waals surface area contributed by atoms with Gasteiger partial charge in [0, 0.05) is 18.4 Å². The van der Waals surface area contributed by atoms with Crippen LogP contribution in [0.2, 0.25) is 0 Å². The molecule has 0 aliphatic rings. The van der Waals surface area contributed by atoms with Crippen molar-refractivity contribution in [2.24, 2.45) is 0 Å². The summed E-state index contributed by atoms with van der Waals surface area (Å²) >= 11 is 5.57. The Morgan fingerprint density at radius 1 is 1.33 bits per heavy atom. The third kappa shape index (κ3) is 2.48. The fourth-order valence-electron chi connectivity index (χ4n) is 1.43.